The van der Waals surface area contributed by atoms with Crippen molar-refractivity contribution in [3.05, 3.63) is 146 Å². The number of fused-ring (bicyclic) bond motifs is 2. The third-order valence-electron chi connectivity index (χ3n) is 9.44. The maximum absolute atomic E-state index is 7.02. The Labute approximate surface area is 310 Å². The van der Waals surface area contributed by atoms with E-state index in [4.69, 9.17) is 18.9 Å². The first-order valence-corrected chi connectivity index (χ1v) is 20.6. The fourth-order valence-electron chi connectivity index (χ4n) is 6.80. The number of hydrogen-bond acceptors (Lipinski definition) is 4. The molecule has 0 N–H and O–H groups in total. The summed E-state index contributed by atoms with van der Waals surface area (Å²) in [4.78, 5) is 0. The van der Waals surface area contributed by atoms with E-state index in [2.05, 4.69) is 173 Å². The molecular formula is C46H44O4P2. The lowest BCUT2D eigenvalue weighted by molar-refractivity contribution is 0.139. The summed E-state index contributed by atoms with van der Waals surface area (Å²) in [5, 5.41) is 7.41. The lowest BCUT2D eigenvalue weighted by Gasteiger charge is -2.29. The van der Waals surface area contributed by atoms with Gasteiger partial charge in [0.15, 0.2) is 23.0 Å². The molecule has 0 saturated carbocycles. The molecule has 2 heterocycles. The van der Waals surface area contributed by atoms with Gasteiger partial charge in [-0.25, -0.2) is 0 Å². The first-order valence-electron chi connectivity index (χ1n) is 17.9. The van der Waals surface area contributed by atoms with Gasteiger partial charge < -0.3 is 18.9 Å². The lowest BCUT2D eigenvalue weighted by Crippen LogP contribution is -2.28. The van der Waals surface area contributed by atoms with E-state index in [1.165, 1.54) is 31.8 Å². The fraction of sp³-hybridized carbons (Fsp3) is 0.217. The molecule has 0 radical (unpaired) electrons. The van der Waals surface area contributed by atoms with Crippen molar-refractivity contribution in [3.8, 4) is 34.1 Å². The van der Waals surface area contributed by atoms with Crippen LogP contribution < -0.4 is 50.8 Å². The lowest BCUT2D eigenvalue weighted by atomic mass is 9.96. The van der Waals surface area contributed by atoms with E-state index in [9.17, 15) is 0 Å². The molecule has 262 valence electrons. The summed E-state index contributed by atoms with van der Waals surface area (Å²) in [7, 11) is -2.08. The molecule has 0 spiro atoms. The van der Waals surface area contributed by atoms with E-state index in [0.717, 1.165) is 34.1 Å². The fourth-order valence-corrected chi connectivity index (χ4v) is 11.7. The van der Waals surface area contributed by atoms with E-state index in [-0.39, 0.29) is 10.8 Å². The van der Waals surface area contributed by atoms with Crippen LogP contribution in [0.4, 0.5) is 0 Å². The Bertz CT molecular complexity index is 1920. The average molecular weight is 723 g/mol. The van der Waals surface area contributed by atoms with E-state index in [1.807, 2.05) is 0 Å². The first-order chi connectivity index (χ1) is 25.3. The summed E-state index contributed by atoms with van der Waals surface area (Å²) < 4.78 is 27.4. The topological polar surface area (TPSA) is 36.9 Å². The molecular weight excluding hydrogens is 678 g/mol. The van der Waals surface area contributed by atoms with Crippen LogP contribution in [0.3, 0.4) is 0 Å². The maximum Gasteiger partial charge on any atom is 0.169 e. The zero-order chi connectivity index (χ0) is 35.7. The minimum Gasteiger partial charge on any atom is -0.489 e. The number of hydrogen-bond donors (Lipinski definition) is 0. The van der Waals surface area contributed by atoms with Crippen molar-refractivity contribution in [3.63, 3.8) is 0 Å². The average Bonchev–Trinajstić information content (AvgIpc) is 3.43. The zero-order valence-electron chi connectivity index (χ0n) is 30.2. The van der Waals surface area contributed by atoms with Crippen molar-refractivity contribution in [2.75, 3.05) is 26.4 Å². The van der Waals surface area contributed by atoms with E-state index in [1.54, 1.807) is 0 Å². The predicted octanol–water partition coefficient (Wildman–Crippen LogP) is 8.46. The van der Waals surface area contributed by atoms with Gasteiger partial charge in [-0.05, 0) is 71.9 Å². The van der Waals surface area contributed by atoms with Gasteiger partial charge >= 0.3 is 0 Å². The van der Waals surface area contributed by atoms with Crippen LogP contribution in [-0.4, -0.2) is 26.4 Å². The van der Waals surface area contributed by atoms with E-state index < -0.39 is 15.8 Å². The second kappa shape index (κ2) is 14.4. The van der Waals surface area contributed by atoms with Gasteiger partial charge in [-0.1, -0.05) is 149 Å². The van der Waals surface area contributed by atoms with Gasteiger partial charge in [0.2, 0.25) is 0 Å². The minimum atomic E-state index is -1.04. The van der Waals surface area contributed by atoms with Crippen LogP contribution in [0.1, 0.15) is 27.7 Å². The number of benzene rings is 6. The summed E-state index contributed by atoms with van der Waals surface area (Å²) in [5.41, 5.74) is 1.67. The summed E-state index contributed by atoms with van der Waals surface area (Å²) in [6, 6.07) is 52.3. The third-order valence-corrected chi connectivity index (χ3v) is 14.4. The normalized spacial score (nSPS) is 15.9. The van der Waals surface area contributed by atoms with E-state index >= 15 is 0 Å². The molecule has 0 aliphatic carbocycles. The Morgan fingerprint density at radius 2 is 0.654 bits per heavy atom. The highest BCUT2D eigenvalue weighted by Gasteiger charge is 2.37. The third kappa shape index (κ3) is 6.95. The molecule has 0 amide bonds. The molecule has 0 fully saturated rings. The molecule has 6 aromatic rings. The Kier molecular flexibility index (Phi) is 9.56. The van der Waals surface area contributed by atoms with Crippen molar-refractivity contribution >= 4 is 47.7 Å². The SMILES string of the molecule is CC1(C)COc2ccc(P(c3ccccc3)c3ccccc3)c(-c3c(P(c4ccccc4)c4ccccc4)ccc4c3OCC(C)(C)CO4)c2OC1. The molecule has 0 bridgehead atoms. The molecule has 8 rings (SSSR count). The largest absolute Gasteiger partial charge is 0.489 e. The monoisotopic (exact) mass is 722 g/mol. The molecule has 0 saturated heterocycles. The standard InChI is InChI=1S/C46H44O4P2/c1-45(2)29-47-37-25-27-39(51(33-17-9-5-10-18-33)34-19-11-6-12-20-34)41(43(37)49-31-45)42-40(28-26-38-44(42)50-32-46(3,4)30-48-38)52(35-21-13-7-14-22-35)36-23-15-8-16-24-36/h5-28H,29-32H2,1-4H3. The highest BCUT2D eigenvalue weighted by atomic mass is 31.1. The van der Waals surface area contributed by atoms with Crippen LogP contribution in [0.15, 0.2) is 146 Å². The quantitative estimate of drug-likeness (QED) is 0.155. The molecule has 6 heteroatoms. The summed E-state index contributed by atoms with van der Waals surface area (Å²) >= 11 is 0. The Balaban J connectivity index is 1.50. The first kappa shape index (κ1) is 34.5. The van der Waals surface area contributed by atoms with Crippen LogP contribution in [-0.2, 0) is 0 Å². The smallest absolute Gasteiger partial charge is 0.169 e. The Morgan fingerprint density at radius 3 is 0.962 bits per heavy atom. The molecule has 0 aromatic heterocycles. The van der Waals surface area contributed by atoms with Crippen molar-refractivity contribution in [2.24, 2.45) is 10.8 Å². The van der Waals surface area contributed by atoms with Crippen LogP contribution in [0.5, 0.6) is 23.0 Å². The van der Waals surface area contributed by atoms with E-state index in [0.29, 0.717) is 26.4 Å². The van der Waals surface area contributed by atoms with Crippen LogP contribution in [0, 0.1) is 10.8 Å². The van der Waals surface area contributed by atoms with Crippen molar-refractivity contribution in [2.45, 2.75) is 27.7 Å². The maximum atomic E-state index is 7.02. The van der Waals surface area contributed by atoms with Gasteiger partial charge in [-0.2, -0.15) is 0 Å². The van der Waals surface area contributed by atoms with Crippen LogP contribution >= 0.6 is 15.8 Å². The molecule has 0 unspecified atom stereocenters. The minimum absolute atomic E-state index is 0.180. The van der Waals surface area contributed by atoms with Crippen molar-refractivity contribution < 1.29 is 18.9 Å². The zero-order valence-corrected chi connectivity index (χ0v) is 32.0. The Morgan fingerprint density at radius 1 is 0.365 bits per heavy atom. The van der Waals surface area contributed by atoms with Gasteiger partial charge in [0.25, 0.3) is 0 Å². The molecule has 2 aliphatic rings. The van der Waals surface area contributed by atoms with Gasteiger partial charge in [0.05, 0.1) is 26.4 Å². The molecule has 4 nitrogen and oxygen atoms in total. The van der Waals surface area contributed by atoms with Gasteiger partial charge in [-0.3, -0.25) is 0 Å². The highest BCUT2D eigenvalue weighted by molar-refractivity contribution is 7.80. The van der Waals surface area contributed by atoms with Crippen molar-refractivity contribution in [1.29, 1.82) is 0 Å². The van der Waals surface area contributed by atoms with Gasteiger partial charge in [0.1, 0.15) is 0 Å². The molecule has 0 atom stereocenters. The highest BCUT2D eigenvalue weighted by Crippen LogP contribution is 2.53. The predicted molar refractivity (Wildman–Crippen MR) is 219 cm³/mol. The summed E-state index contributed by atoms with van der Waals surface area (Å²) in [6.07, 6.45) is 0. The molecule has 52 heavy (non-hydrogen) atoms. The second-order valence-corrected chi connectivity index (χ2v) is 19.4. The van der Waals surface area contributed by atoms with Gasteiger partial charge in [-0.15, -0.1) is 0 Å². The molecule has 6 aromatic carbocycles. The van der Waals surface area contributed by atoms with Gasteiger partial charge in [0, 0.05) is 22.0 Å². The van der Waals surface area contributed by atoms with Crippen LogP contribution in [0.25, 0.3) is 11.1 Å². The summed E-state index contributed by atoms with van der Waals surface area (Å²) in [6.45, 7) is 10.9. The summed E-state index contributed by atoms with van der Waals surface area (Å²) in [5.74, 6) is 3.03. The number of ether oxygens (including phenoxy) is 4. The van der Waals surface area contributed by atoms with Crippen LogP contribution in [0.2, 0.25) is 0 Å². The Hall–Kier alpha value is -4.62. The second-order valence-electron chi connectivity index (χ2n) is 15.1. The molecule has 2 aliphatic heterocycles. The van der Waals surface area contributed by atoms with Crippen molar-refractivity contribution in [1.82, 2.24) is 0 Å². The number of rotatable bonds is 7.